The Kier molecular flexibility index (Phi) is 5.31. The van der Waals surface area contributed by atoms with Gasteiger partial charge in [-0.05, 0) is 37.0 Å². The van der Waals surface area contributed by atoms with Gasteiger partial charge in [-0.25, -0.2) is 4.98 Å². The van der Waals surface area contributed by atoms with E-state index < -0.39 is 5.91 Å². The molecule has 5 N–H and O–H groups in total. The largest absolute Gasteiger partial charge is 0.369 e. The average molecular weight is 354 g/mol. The maximum Gasteiger partial charge on any atom is 0.254 e. The van der Waals surface area contributed by atoms with Gasteiger partial charge in [-0.3, -0.25) is 9.59 Å². The van der Waals surface area contributed by atoms with Crippen LogP contribution < -0.4 is 21.7 Å². The summed E-state index contributed by atoms with van der Waals surface area (Å²) in [5.74, 6) is 0.662. The smallest absolute Gasteiger partial charge is 0.254 e. The van der Waals surface area contributed by atoms with Crippen LogP contribution in [0.2, 0.25) is 0 Å². The highest BCUT2D eigenvalue weighted by atomic mass is 16.1. The second-order valence-corrected chi connectivity index (χ2v) is 6.38. The van der Waals surface area contributed by atoms with Crippen LogP contribution >= 0.6 is 0 Å². The molecule has 0 atom stereocenters. The predicted molar refractivity (Wildman–Crippen MR) is 100 cm³/mol. The number of nitrogens with one attached hydrogen (secondary N) is 3. The van der Waals surface area contributed by atoms with Gasteiger partial charge in [-0.15, -0.1) is 0 Å². The normalized spacial score (nSPS) is 13.6. The lowest BCUT2D eigenvalue weighted by Crippen LogP contribution is -2.24. The SMILES string of the molecule is CC(=O)Nc1cccc(Nc2ncc(C(N)=O)c(NCC3CCC3)n2)c1. The second kappa shape index (κ2) is 7.81. The van der Waals surface area contributed by atoms with Crippen molar-refractivity contribution in [1.29, 1.82) is 0 Å². The molecule has 1 aliphatic rings. The van der Waals surface area contributed by atoms with E-state index in [0.29, 0.717) is 29.1 Å². The van der Waals surface area contributed by atoms with Crippen molar-refractivity contribution in [2.24, 2.45) is 11.7 Å². The molecule has 1 aromatic heterocycles. The van der Waals surface area contributed by atoms with Crippen LogP contribution in [0.4, 0.5) is 23.1 Å². The summed E-state index contributed by atoms with van der Waals surface area (Å²) in [6, 6.07) is 7.20. The summed E-state index contributed by atoms with van der Waals surface area (Å²) in [5.41, 5.74) is 7.06. The number of nitrogens with two attached hydrogens (primary N) is 1. The third-order valence-electron chi connectivity index (χ3n) is 4.28. The van der Waals surface area contributed by atoms with Crippen LogP contribution in [0.5, 0.6) is 0 Å². The lowest BCUT2D eigenvalue weighted by Gasteiger charge is -2.26. The number of nitrogens with zero attached hydrogens (tertiary/aromatic N) is 2. The van der Waals surface area contributed by atoms with Crippen LogP contribution in [0.15, 0.2) is 30.5 Å². The van der Waals surface area contributed by atoms with Gasteiger partial charge >= 0.3 is 0 Å². The van der Waals surface area contributed by atoms with Crippen molar-refractivity contribution in [3.8, 4) is 0 Å². The molecular formula is C18H22N6O2. The summed E-state index contributed by atoms with van der Waals surface area (Å²) < 4.78 is 0. The number of benzene rings is 1. The van der Waals surface area contributed by atoms with Crippen molar-refractivity contribution in [3.63, 3.8) is 0 Å². The van der Waals surface area contributed by atoms with Crippen molar-refractivity contribution in [1.82, 2.24) is 9.97 Å². The predicted octanol–water partition coefficient (Wildman–Crippen LogP) is 2.49. The van der Waals surface area contributed by atoms with Gasteiger partial charge in [-0.1, -0.05) is 12.5 Å². The third kappa shape index (κ3) is 4.47. The summed E-state index contributed by atoms with van der Waals surface area (Å²) in [5, 5.41) is 9.00. The van der Waals surface area contributed by atoms with E-state index in [-0.39, 0.29) is 11.5 Å². The van der Waals surface area contributed by atoms with Crippen molar-refractivity contribution in [2.75, 3.05) is 22.5 Å². The van der Waals surface area contributed by atoms with Crippen molar-refractivity contribution in [2.45, 2.75) is 26.2 Å². The molecule has 2 amide bonds. The van der Waals surface area contributed by atoms with E-state index >= 15 is 0 Å². The topological polar surface area (TPSA) is 122 Å². The number of primary amides is 1. The number of rotatable bonds is 7. The van der Waals surface area contributed by atoms with Crippen LogP contribution in [-0.2, 0) is 4.79 Å². The highest BCUT2D eigenvalue weighted by Gasteiger charge is 2.19. The molecule has 1 aliphatic carbocycles. The molecule has 3 rings (SSSR count). The summed E-state index contributed by atoms with van der Waals surface area (Å²) in [6.07, 6.45) is 5.03. The van der Waals surface area contributed by atoms with Gasteiger partial charge in [-0.2, -0.15) is 4.98 Å². The molecule has 1 saturated carbocycles. The van der Waals surface area contributed by atoms with Crippen LogP contribution in [0.3, 0.4) is 0 Å². The molecule has 1 fully saturated rings. The van der Waals surface area contributed by atoms with Gasteiger partial charge in [0, 0.05) is 31.0 Å². The number of carbonyl (C=O) groups is 2. The fourth-order valence-electron chi connectivity index (χ4n) is 2.70. The van der Waals surface area contributed by atoms with E-state index in [1.54, 1.807) is 18.2 Å². The Bertz CT molecular complexity index is 819. The highest BCUT2D eigenvalue weighted by molar-refractivity contribution is 5.97. The Balaban J connectivity index is 1.76. The number of amides is 2. The average Bonchev–Trinajstić information content (AvgIpc) is 2.53. The summed E-state index contributed by atoms with van der Waals surface area (Å²) >= 11 is 0. The van der Waals surface area contributed by atoms with E-state index in [9.17, 15) is 9.59 Å². The quantitative estimate of drug-likeness (QED) is 0.606. The number of hydrogen-bond donors (Lipinski definition) is 4. The fraction of sp³-hybridized carbons (Fsp3) is 0.333. The zero-order chi connectivity index (χ0) is 18.5. The van der Waals surface area contributed by atoms with E-state index in [2.05, 4.69) is 25.9 Å². The number of anilines is 4. The Hall–Kier alpha value is -3.16. The van der Waals surface area contributed by atoms with Crippen molar-refractivity contribution >= 4 is 35.0 Å². The van der Waals surface area contributed by atoms with Crippen molar-refractivity contribution < 1.29 is 9.59 Å². The second-order valence-electron chi connectivity index (χ2n) is 6.38. The molecule has 1 aromatic carbocycles. The first kappa shape index (κ1) is 17.7. The molecule has 0 aliphatic heterocycles. The summed E-state index contributed by atoms with van der Waals surface area (Å²) in [4.78, 5) is 31.3. The Labute approximate surface area is 151 Å². The zero-order valence-corrected chi connectivity index (χ0v) is 14.6. The summed E-state index contributed by atoms with van der Waals surface area (Å²) in [7, 11) is 0. The Morgan fingerprint density at radius 3 is 2.69 bits per heavy atom. The van der Waals surface area contributed by atoms with Gasteiger partial charge < -0.3 is 21.7 Å². The van der Waals surface area contributed by atoms with Gasteiger partial charge in [0.05, 0.1) is 5.56 Å². The third-order valence-corrected chi connectivity index (χ3v) is 4.28. The standard InChI is InChI=1S/C18H22N6O2/c1-11(25)22-13-6-3-7-14(8-13)23-18-21-10-15(16(19)26)17(24-18)20-9-12-4-2-5-12/h3,6-8,10,12H,2,4-5,9H2,1H3,(H2,19,26)(H,22,25)(H2,20,21,23,24). The lowest BCUT2D eigenvalue weighted by molar-refractivity contribution is -0.114. The molecule has 0 bridgehead atoms. The Morgan fingerprint density at radius 2 is 2.04 bits per heavy atom. The minimum Gasteiger partial charge on any atom is -0.369 e. The summed E-state index contributed by atoms with van der Waals surface area (Å²) in [6.45, 7) is 2.21. The molecule has 0 unspecified atom stereocenters. The van der Waals surface area contributed by atoms with Crippen LogP contribution in [0.25, 0.3) is 0 Å². The minimum atomic E-state index is -0.569. The van der Waals surface area contributed by atoms with Crippen LogP contribution in [-0.4, -0.2) is 28.3 Å². The fourth-order valence-corrected chi connectivity index (χ4v) is 2.70. The van der Waals surface area contributed by atoms with E-state index in [0.717, 1.165) is 6.54 Å². The molecule has 8 nitrogen and oxygen atoms in total. The van der Waals surface area contributed by atoms with E-state index in [1.807, 2.05) is 6.07 Å². The molecular weight excluding hydrogens is 332 g/mol. The molecule has 1 heterocycles. The zero-order valence-electron chi connectivity index (χ0n) is 14.6. The first-order valence-corrected chi connectivity index (χ1v) is 8.56. The van der Waals surface area contributed by atoms with Gasteiger partial charge in [0.1, 0.15) is 5.82 Å². The first-order chi connectivity index (χ1) is 12.5. The number of aromatic nitrogens is 2. The van der Waals surface area contributed by atoms with E-state index in [4.69, 9.17) is 5.73 Å². The van der Waals surface area contributed by atoms with Gasteiger partial charge in [0.2, 0.25) is 11.9 Å². The molecule has 136 valence electrons. The lowest BCUT2D eigenvalue weighted by atomic mass is 9.85. The van der Waals surface area contributed by atoms with E-state index in [1.165, 1.54) is 32.4 Å². The highest BCUT2D eigenvalue weighted by Crippen LogP contribution is 2.27. The monoisotopic (exact) mass is 354 g/mol. The van der Waals surface area contributed by atoms with Crippen LogP contribution in [0, 0.1) is 5.92 Å². The van der Waals surface area contributed by atoms with Gasteiger partial charge in [0.25, 0.3) is 5.91 Å². The molecule has 26 heavy (non-hydrogen) atoms. The molecule has 0 saturated heterocycles. The number of carbonyl (C=O) groups excluding carboxylic acids is 2. The van der Waals surface area contributed by atoms with Gasteiger partial charge in [0.15, 0.2) is 0 Å². The maximum absolute atomic E-state index is 11.6. The van der Waals surface area contributed by atoms with Crippen LogP contribution in [0.1, 0.15) is 36.5 Å². The Morgan fingerprint density at radius 1 is 1.27 bits per heavy atom. The van der Waals surface area contributed by atoms with Crippen molar-refractivity contribution in [3.05, 3.63) is 36.0 Å². The molecule has 8 heteroatoms. The minimum absolute atomic E-state index is 0.147. The molecule has 0 radical (unpaired) electrons. The number of hydrogen-bond acceptors (Lipinski definition) is 6. The first-order valence-electron chi connectivity index (χ1n) is 8.56. The molecule has 2 aromatic rings. The molecule has 0 spiro atoms. The maximum atomic E-state index is 11.6.